The molecular formula is C24H26ClN3O. The molecule has 1 aliphatic rings. The summed E-state index contributed by atoms with van der Waals surface area (Å²) in [5, 5.41) is 0.733. The van der Waals surface area contributed by atoms with Gasteiger partial charge in [0.25, 0.3) is 5.56 Å². The second kappa shape index (κ2) is 7.69. The lowest BCUT2D eigenvalue weighted by atomic mass is 10.1. The Hall–Kier alpha value is -2.56. The predicted molar refractivity (Wildman–Crippen MR) is 119 cm³/mol. The van der Waals surface area contributed by atoms with E-state index in [0.717, 1.165) is 21.8 Å². The maximum atomic E-state index is 12.1. The van der Waals surface area contributed by atoms with Crippen LogP contribution in [0.4, 0.5) is 0 Å². The molecule has 1 aromatic carbocycles. The lowest BCUT2D eigenvalue weighted by molar-refractivity contribution is 0.159. The van der Waals surface area contributed by atoms with Crippen molar-refractivity contribution < 1.29 is 0 Å². The molecular weight excluding hydrogens is 382 g/mol. The Labute approximate surface area is 176 Å². The largest absolute Gasteiger partial charge is 0.319 e. The summed E-state index contributed by atoms with van der Waals surface area (Å²) in [6.07, 6.45) is 8.57. The van der Waals surface area contributed by atoms with Crippen LogP contribution in [-0.2, 0) is 7.05 Å². The standard InChI is InChI=1S/C24H26ClN3O/c1-16(2)28-21(18-14-17(3)24(29)26(4)15-18)11-12-23(28)22-6-5-13-27(22)20-9-7-19(25)8-10-20/h5-16,21,23H,1-4H3. The summed E-state index contributed by atoms with van der Waals surface area (Å²) in [6.45, 7) is 6.32. The van der Waals surface area contributed by atoms with Gasteiger partial charge in [0.15, 0.2) is 0 Å². The van der Waals surface area contributed by atoms with Gasteiger partial charge in [0.05, 0.1) is 12.1 Å². The van der Waals surface area contributed by atoms with Gasteiger partial charge in [-0.25, -0.2) is 0 Å². The molecule has 0 fully saturated rings. The van der Waals surface area contributed by atoms with E-state index in [1.54, 1.807) is 4.57 Å². The van der Waals surface area contributed by atoms with E-state index < -0.39 is 0 Å². The molecule has 0 N–H and O–H groups in total. The van der Waals surface area contributed by atoms with Gasteiger partial charge in [0.1, 0.15) is 0 Å². The van der Waals surface area contributed by atoms with Crippen molar-refractivity contribution in [1.29, 1.82) is 0 Å². The van der Waals surface area contributed by atoms with E-state index in [2.05, 4.69) is 53.8 Å². The van der Waals surface area contributed by atoms with Crippen LogP contribution in [-0.4, -0.2) is 20.1 Å². The number of hydrogen-bond acceptors (Lipinski definition) is 2. The number of aromatic nitrogens is 2. The summed E-state index contributed by atoms with van der Waals surface area (Å²) in [5.74, 6) is 0. The average molecular weight is 408 g/mol. The molecule has 0 amide bonds. The van der Waals surface area contributed by atoms with Crippen molar-refractivity contribution in [2.45, 2.75) is 38.9 Å². The van der Waals surface area contributed by atoms with Crippen LogP contribution in [0.3, 0.4) is 0 Å². The molecule has 3 heterocycles. The van der Waals surface area contributed by atoms with E-state index in [1.807, 2.05) is 50.5 Å². The van der Waals surface area contributed by atoms with Gasteiger partial charge in [-0.05, 0) is 68.8 Å². The highest BCUT2D eigenvalue weighted by Crippen LogP contribution is 2.40. The fraction of sp³-hybridized carbons (Fsp3) is 0.292. The lowest BCUT2D eigenvalue weighted by Crippen LogP contribution is -2.35. The molecule has 2 unspecified atom stereocenters. The normalized spacial score (nSPS) is 19.4. The number of rotatable bonds is 4. The van der Waals surface area contributed by atoms with Gasteiger partial charge < -0.3 is 9.13 Å². The molecule has 3 aromatic rings. The lowest BCUT2D eigenvalue weighted by Gasteiger charge is -2.35. The number of halogens is 1. The van der Waals surface area contributed by atoms with Gasteiger partial charge in [-0.15, -0.1) is 0 Å². The van der Waals surface area contributed by atoms with E-state index >= 15 is 0 Å². The molecule has 0 radical (unpaired) electrons. The first-order chi connectivity index (χ1) is 13.9. The highest BCUT2D eigenvalue weighted by atomic mass is 35.5. The van der Waals surface area contributed by atoms with Crippen LogP contribution >= 0.6 is 11.6 Å². The molecule has 0 aliphatic carbocycles. The van der Waals surface area contributed by atoms with Crippen molar-refractivity contribution in [2.75, 3.05) is 0 Å². The van der Waals surface area contributed by atoms with Gasteiger partial charge in [0, 0.05) is 47.5 Å². The van der Waals surface area contributed by atoms with Gasteiger partial charge in [-0.2, -0.15) is 0 Å². The van der Waals surface area contributed by atoms with Crippen molar-refractivity contribution in [3.63, 3.8) is 0 Å². The molecule has 0 bridgehead atoms. The Morgan fingerprint density at radius 2 is 1.72 bits per heavy atom. The first-order valence-corrected chi connectivity index (χ1v) is 10.3. The van der Waals surface area contributed by atoms with Crippen LogP contribution < -0.4 is 5.56 Å². The van der Waals surface area contributed by atoms with E-state index in [4.69, 9.17) is 11.6 Å². The zero-order chi connectivity index (χ0) is 20.7. The second-order valence-corrected chi connectivity index (χ2v) is 8.40. The molecule has 150 valence electrons. The smallest absolute Gasteiger partial charge is 0.253 e. The van der Waals surface area contributed by atoms with Gasteiger partial charge >= 0.3 is 0 Å². The van der Waals surface area contributed by atoms with Crippen LogP contribution in [0.5, 0.6) is 0 Å². The minimum absolute atomic E-state index is 0.0555. The zero-order valence-electron chi connectivity index (χ0n) is 17.2. The van der Waals surface area contributed by atoms with Crippen molar-refractivity contribution in [1.82, 2.24) is 14.0 Å². The summed E-state index contributed by atoms with van der Waals surface area (Å²) >= 11 is 6.08. The summed E-state index contributed by atoms with van der Waals surface area (Å²) in [7, 11) is 1.82. The monoisotopic (exact) mass is 407 g/mol. The Morgan fingerprint density at radius 1 is 1.03 bits per heavy atom. The van der Waals surface area contributed by atoms with Crippen LogP contribution in [0.2, 0.25) is 5.02 Å². The number of pyridine rings is 1. The average Bonchev–Trinajstić information content (AvgIpc) is 3.33. The number of benzene rings is 1. The Morgan fingerprint density at radius 3 is 2.38 bits per heavy atom. The van der Waals surface area contributed by atoms with Crippen molar-refractivity contribution in [3.8, 4) is 5.69 Å². The zero-order valence-corrected chi connectivity index (χ0v) is 18.0. The minimum atomic E-state index is 0.0555. The minimum Gasteiger partial charge on any atom is -0.319 e. The summed E-state index contributed by atoms with van der Waals surface area (Å²) in [6, 6.07) is 14.8. The quantitative estimate of drug-likeness (QED) is 0.556. The highest BCUT2D eigenvalue weighted by molar-refractivity contribution is 6.30. The van der Waals surface area contributed by atoms with Crippen molar-refractivity contribution >= 4 is 11.6 Å². The van der Waals surface area contributed by atoms with Crippen molar-refractivity contribution in [2.24, 2.45) is 7.05 Å². The third-order valence-electron chi connectivity index (χ3n) is 5.63. The van der Waals surface area contributed by atoms with Crippen LogP contribution in [0, 0.1) is 6.92 Å². The third kappa shape index (κ3) is 3.59. The number of nitrogens with zero attached hydrogens (tertiary/aromatic N) is 3. The number of aryl methyl sites for hydroxylation is 2. The molecule has 2 atom stereocenters. The topological polar surface area (TPSA) is 30.2 Å². The van der Waals surface area contributed by atoms with E-state index in [0.29, 0.717) is 6.04 Å². The fourth-order valence-electron chi connectivity index (χ4n) is 4.30. The molecule has 2 aromatic heterocycles. The molecule has 4 rings (SSSR count). The first kappa shape index (κ1) is 19.7. The number of hydrogen-bond donors (Lipinski definition) is 0. The molecule has 5 heteroatoms. The highest BCUT2D eigenvalue weighted by Gasteiger charge is 2.34. The SMILES string of the molecule is Cc1cc(C2C=CC(c3cccn3-c3ccc(Cl)cc3)N2C(C)C)cn(C)c1=O. The molecule has 29 heavy (non-hydrogen) atoms. The predicted octanol–water partition coefficient (Wildman–Crippen LogP) is 5.20. The summed E-state index contributed by atoms with van der Waals surface area (Å²) in [4.78, 5) is 14.6. The van der Waals surface area contributed by atoms with Crippen LogP contribution in [0.1, 0.15) is 42.8 Å². The van der Waals surface area contributed by atoms with Crippen LogP contribution in [0.25, 0.3) is 5.69 Å². The molecule has 0 saturated carbocycles. The van der Waals surface area contributed by atoms with E-state index in [1.165, 1.54) is 5.69 Å². The van der Waals surface area contributed by atoms with Gasteiger partial charge in [-0.3, -0.25) is 9.69 Å². The molecule has 4 nitrogen and oxygen atoms in total. The maximum absolute atomic E-state index is 12.1. The third-order valence-corrected chi connectivity index (χ3v) is 5.88. The summed E-state index contributed by atoms with van der Waals surface area (Å²) < 4.78 is 3.90. The van der Waals surface area contributed by atoms with Gasteiger partial charge in [0.2, 0.25) is 0 Å². The Kier molecular flexibility index (Phi) is 5.24. The first-order valence-electron chi connectivity index (χ1n) is 9.93. The van der Waals surface area contributed by atoms with E-state index in [-0.39, 0.29) is 17.6 Å². The fourth-order valence-corrected chi connectivity index (χ4v) is 4.43. The van der Waals surface area contributed by atoms with E-state index in [9.17, 15) is 4.79 Å². The maximum Gasteiger partial charge on any atom is 0.253 e. The molecule has 1 aliphatic heterocycles. The Bertz CT molecular complexity index is 1080. The van der Waals surface area contributed by atoms with Crippen LogP contribution in [0.15, 0.2) is 71.8 Å². The van der Waals surface area contributed by atoms with Crippen molar-refractivity contribution in [3.05, 3.63) is 99.2 Å². The second-order valence-electron chi connectivity index (χ2n) is 7.97. The Balaban J connectivity index is 1.74. The summed E-state index contributed by atoms with van der Waals surface area (Å²) in [5.41, 5.74) is 4.27. The van der Waals surface area contributed by atoms with Gasteiger partial charge in [-0.1, -0.05) is 23.8 Å². The molecule has 0 saturated heterocycles. The molecule has 0 spiro atoms.